The Morgan fingerprint density at radius 2 is 1.91 bits per heavy atom. The normalized spacial score (nSPS) is 15.7. The molecule has 128 valence electrons. The zero-order chi connectivity index (χ0) is 16.8. The maximum Gasteiger partial charge on any atom is 0.188 e. The maximum absolute atomic E-state index is 7.48. The second kappa shape index (κ2) is 8.06. The summed E-state index contributed by atoms with van der Waals surface area (Å²) in [6.45, 7) is 9.24. The smallest absolute Gasteiger partial charge is 0.188 e. The van der Waals surface area contributed by atoms with Crippen LogP contribution in [-0.4, -0.2) is 55.7 Å². The molecule has 1 aromatic carbocycles. The summed E-state index contributed by atoms with van der Waals surface area (Å²) in [7, 11) is 1.67. The van der Waals surface area contributed by atoms with E-state index in [1.165, 1.54) is 5.56 Å². The van der Waals surface area contributed by atoms with Gasteiger partial charge in [0.25, 0.3) is 0 Å². The van der Waals surface area contributed by atoms with Gasteiger partial charge >= 0.3 is 0 Å². The number of benzene rings is 1. The van der Waals surface area contributed by atoms with Crippen molar-refractivity contribution in [1.82, 2.24) is 9.80 Å². The molecule has 0 atom stereocenters. The lowest BCUT2D eigenvalue weighted by molar-refractivity contribution is 0.173. The third-order valence-electron chi connectivity index (χ3n) is 3.92. The molecule has 3 N–H and O–H groups in total. The Morgan fingerprint density at radius 3 is 2.48 bits per heavy atom. The SMILES string of the molecule is COc1cc(CN2CCN(C(=N)N)CC2)ccc1OCC(C)C. The fraction of sp³-hybridized carbons (Fsp3) is 0.588. The Morgan fingerprint density at radius 1 is 1.22 bits per heavy atom. The number of hydrogen-bond donors (Lipinski definition) is 2. The lowest BCUT2D eigenvalue weighted by Crippen LogP contribution is -2.50. The largest absolute Gasteiger partial charge is 0.493 e. The number of rotatable bonds is 6. The van der Waals surface area contributed by atoms with Crippen LogP contribution in [0.2, 0.25) is 0 Å². The molecule has 1 fully saturated rings. The second-order valence-corrected chi connectivity index (χ2v) is 6.34. The second-order valence-electron chi connectivity index (χ2n) is 6.34. The molecule has 0 amide bonds. The van der Waals surface area contributed by atoms with Crippen molar-refractivity contribution in [2.45, 2.75) is 20.4 Å². The van der Waals surface area contributed by atoms with Crippen LogP contribution in [0.5, 0.6) is 11.5 Å². The lowest BCUT2D eigenvalue weighted by Gasteiger charge is -2.34. The van der Waals surface area contributed by atoms with Crippen molar-refractivity contribution < 1.29 is 9.47 Å². The Labute approximate surface area is 138 Å². The summed E-state index contributed by atoms with van der Waals surface area (Å²) in [6, 6.07) is 6.13. The first-order chi connectivity index (χ1) is 11.0. The molecular formula is C17H28N4O2. The van der Waals surface area contributed by atoms with Gasteiger partial charge in [0.1, 0.15) is 0 Å². The van der Waals surface area contributed by atoms with Gasteiger partial charge in [-0.1, -0.05) is 19.9 Å². The Hall–Kier alpha value is -1.95. The van der Waals surface area contributed by atoms with Gasteiger partial charge < -0.3 is 20.1 Å². The Balaban J connectivity index is 1.94. The van der Waals surface area contributed by atoms with Crippen LogP contribution in [0.1, 0.15) is 19.4 Å². The van der Waals surface area contributed by atoms with Gasteiger partial charge in [0.05, 0.1) is 13.7 Å². The van der Waals surface area contributed by atoms with Crippen molar-refractivity contribution in [3.63, 3.8) is 0 Å². The average Bonchev–Trinajstić information content (AvgIpc) is 2.53. The van der Waals surface area contributed by atoms with Gasteiger partial charge in [0.2, 0.25) is 0 Å². The van der Waals surface area contributed by atoms with Gasteiger partial charge in [0.15, 0.2) is 17.5 Å². The van der Waals surface area contributed by atoms with E-state index in [1.54, 1.807) is 7.11 Å². The lowest BCUT2D eigenvalue weighted by atomic mass is 10.1. The third kappa shape index (κ3) is 5.03. The molecule has 0 saturated carbocycles. The minimum absolute atomic E-state index is 0.165. The molecule has 0 aliphatic carbocycles. The van der Waals surface area contributed by atoms with Gasteiger partial charge in [-0.2, -0.15) is 0 Å². The van der Waals surface area contributed by atoms with E-state index >= 15 is 0 Å². The number of methoxy groups -OCH3 is 1. The average molecular weight is 320 g/mol. The molecule has 6 heteroatoms. The van der Waals surface area contributed by atoms with Crippen molar-refractivity contribution >= 4 is 5.96 Å². The summed E-state index contributed by atoms with van der Waals surface area (Å²) in [5.41, 5.74) is 6.73. The number of nitrogens with one attached hydrogen (secondary N) is 1. The summed E-state index contributed by atoms with van der Waals surface area (Å²) in [6.07, 6.45) is 0. The maximum atomic E-state index is 7.48. The van der Waals surface area contributed by atoms with Crippen molar-refractivity contribution in [3.8, 4) is 11.5 Å². The summed E-state index contributed by atoms with van der Waals surface area (Å²) < 4.78 is 11.3. The summed E-state index contributed by atoms with van der Waals surface area (Å²) in [5, 5.41) is 7.48. The molecule has 0 radical (unpaired) electrons. The van der Waals surface area contributed by atoms with Crippen LogP contribution in [0.15, 0.2) is 18.2 Å². The van der Waals surface area contributed by atoms with E-state index in [0.717, 1.165) is 44.2 Å². The molecule has 1 aromatic rings. The van der Waals surface area contributed by atoms with E-state index in [9.17, 15) is 0 Å². The number of nitrogens with two attached hydrogens (primary N) is 1. The standard InChI is InChI=1S/C17H28N4O2/c1-13(2)12-23-15-5-4-14(10-16(15)22-3)11-20-6-8-21(9-7-20)17(18)19/h4-5,10,13H,6-9,11-12H2,1-3H3,(H3,18,19). The summed E-state index contributed by atoms with van der Waals surface area (Å²) in [5.74, 6) is 2.23. The van der Waals surface area contributed by atoms with Crippen LogP contribution in [0.3, 0.4) is 0 Å². The van der Waals surface area contributed by atoms with E-state index in [0.29, 0.717) is 12.5 Å². The molecule has 23 heavy (non-hydrogen) atoms. The van der Waals surface area contributed by atoms with Crippen LogP contribution < -0.4 is 15.2 Å². The van der Waals surface area contributed by atoms with Gasteiger partial charge in [-0.15, -0.1) is 0 Å². The van der Waals surface area contributed by atoms with Crippen molar-refractivity contribution in [3.05, 3.63) is 23.8 Å². The Kier molecular flexibility index (Phi) is 6.10. The highest BCUT2D eigenvalue weighted by Crippen LogP contribution is 2.29. The highest BCUT2D eigenvalue weighted by Gasteiger charge is 2.18. The van der Waals surface area contributed by atoms with Gasteiger partial charge in [-0.05, 0) is 23.6 Å². The molecule has 1 saturated heterocycles. The van der Waals surface area contributed by atoms with E-state index in [2.05, 4.69) is 24.8 Å². The minimum atomic E-state index is 0.165. The fourth-order valence-electron chi connectivity index (χ4n) is 2.59. The van der Waals surface area contributed by atoms with Gasteiger partial charge in [-0.3, -0.25) is 10.3 Å². The Bertz CT molecular complexity index is 525. The third-order valence-corrected chi connectivity index (χ3v) is 3.92. The highest BCUT2D eigenvalue weighted by atomic mass is 16.5. The van der Waals surface area contributed by atoms with Crippen LogP contribution in [0.25, 0.3) is 0 Å². The molecule has 0 spiro atoms. The molecule has 2 rings (SSSR count). The molecule has 0 aromatic heterocycles. The summed E-state index contributed by atoms with van der Waals surface area (Å²) in [4.78, 5) is 4.27. The van der Waals surface area contributed by atoms with Crippen LogP contribution >= 0.6 is 0 Å². The predicted octanol–water partition coefficient (Wildman–Crippen LogP) is 1.74. The van der Waals surface area contributed by atoms with E-state index in [1.807, 2.05) is 17.0 Å². The number of hydrogen-bond acceptors (Lipinski definition) is 4. The molecular weight excluding hydrogens is 292 g/mol. The van der Waals surface area contributed by atoms with Crippen LogP contribution in [0.4, 0.5) is 0 Å². The van der Waals surface area contributed by atoms with Crippen molar-refractivity contribution in [2.75, 3.05) is 39.9 Å². The molecule has 0 unspecified atom stereocenters. The molecule has 6 nitrogen and oxygen atoms in total. The molecule has 1 aliphatic heterocycles. The van der Waals surface area contributed by atoms with Crippen LogP contribution in [0, 0.1) is 11.3 Å². The number of ether oxygens (including phenoxy) is 2. The van der Waals surface area contributed by atoms with Crippen molar-refractivity contribution in [2.24, 2.45) is 11.7 Å². The van der Waals surface area contributed by atoms with E-state index in [4.69, 9.17) is 20.6 Å². The minimum Gasteiger partial charge on any atom is -0.493 e. The quantitative estimate of drug-likeness (QED) is 0.617. The molecule has 1 heterocycles. The molecule has 0 bridgehead atoms. The summed E-state index contributed by atoms with van der Waals surface area (Å²) >= 11 is 0. The van der Waals surface area contributed by atoms with E-state index in [-0.39, 0.29) is 5.96 Å². The number of nitrogens with zero attached hydrogens (tertiary/aromatic N) is 2. The topological polar surface area (TPSA) is 74.8 Å². The first-order valence-corrected chi connectivity index (χ1v) is 8.10. The van der Waals surface area contributed by atoms with Gasteiger partial charge in [-0.25, -0.2) is 0 Å². The highest BCUT2D eigenvalue weighted by molar-refractivity contribution is 5.74. The van der Waals surface area contributed by atoms with Crippen LogP contribution in [-0.2, 0) is 6.54 Å². The number of piperazine rings is 1. The monoisotopic (exact) mass is 320 g/mol. The number of guanidine groups is 1. The zero-order valence-electron chi connectivity index (χ0n) is 14.3. The first-order valence-electron chi connectivity index (χ1n) is 8.10. The predicted molar refractivity (Wildman–Crippen MR) is 92.1 cm³/mol. The first kappa shape index (κ1) is 17.4. The van der Waals surface area contributed by atoms with Gasteiger partial charge in [0, 0.05) is 32.7 Å². The van der Waals surface area contributed by atoms with E-state index < -0.39 is 0 Å². The molecule has 1 aliphatic rings. The fourth-order valence-corrected chi connectivity index (χ4v) is 2.59. The zero-order valence-corrected chi connectivity index (χ0v) is 14.3. The van der Waals surface area contributed by atoms with Crippen molar-refractivity contribution in [1.29, 1.82) is 5.41 Å².